The van der Waals surface area contributed by atoms with Crippen molar-refractivity contribution in [3.8, 4) is 0 Å². The molecule has 182 valence electrons. The van der Waals surface area contributed by atoms with Crippen molar-refractivity contribution in [2.75, 3.05) is 13.1 Å². The highest BCUT2D eigenvalue weighted by Crippen LogP contribution is 2.20. The Morgan fingerprint density at radius 3 is 2.65 bits per heavy atom. The largest absolute Gasteiger partial charge is 0.451 e. The van der Waals surface area contributed by atoms with E-state index in [4.69, 9.17) is 4.42 Å². The smallest absolute Gasteiger partial charge is 0.287 e. The normalized spacial score (nSPS) is 17.2. The van der Waals surface area contributed by atoms with E-state index in [2.05, 4.69) is 21.3 Å². The molecule has 4 N–H and O–H groups in total. The van der Waals surface area contributed by atoms with Crippen LogP contribution in [0, 0.1) is 17.7 Å². The maximum Gasteiger partial charge on any atom is 0.287 e. The maximum atomic E-state index is 13.4. The molecule has 0 aliphatic carbocycles. The van der Waals surface area contributed by atoms with E-state index in [1.54, 1.807) is 13.8 Å². The fraction of sp³-hybridized carbons (Fsp3) is 0.435. The van der Waals surface area contributed by atoms with Crippen LogP contribution in [0.1, 0.15) is 37.2 Å². The third-order valence-electron chi connectivity index (χ3n) is 5.57. The Labute approximate surface area is 195 Å². The molecule has 1 aromatic carbocycles. The fourth-order valence-electron chi connectivity index (χ4n) is 3.73. The number of fused-ring (bicyclic) bond motifs is 1. The van der Waals surface area contributed by atoms with Crippen molar-refractivity contribution in [2.24, 2.45) is 11.8 Å². The summed E-state index contributed by atoms with van der Waals surface area (Å²) in [5.74, 6) is -3.23. The van der Waals surface area contributed by atoms with Crippen LogP contribution < -0.4 is 21.3 Å². The number of carbonyl (C=O) groups is 5. The molecule has 0 saturated carbocycles. The summed E-state index contributed by atoms with van der Waals surface area (Å²) in [6, 6.07) is 3.39. The number of carbonyl (C=O) groups excluding carboxylic acids is 5. The van der Waals surface area contributed by atoms with Crippen LogP contribution in [0.25, 0.3) is 11.0 Å². The van der Waals surface area contributed by atoms with Gasteiger partial charge in [0.15, 0.2) is 5.76 Å². The van der Waals surface area contributed by atoms with Gasteiger partial charge >= 0.3 is 0 Å². The lowest BCUT2D eigenvalue weighted by molar-refractivity contribution is -0.128. The van der Waals surface area contributed by atoms with Crippen molar-refractivity contribution in [2.45, 2.75) is 38.8 Å². The highest BCUT2D eigenvalue weighted by atomic mass is 19.1. The molecule has 34 heavy (non-hydrogen) atoms. The summed E-state index contributed by atoms with van der Waals surface area (Å²) < 4.78 is 18.8. The van der Waals surface area contributed by atoms with Gasteiger partial charge in [-0.25, -0.2) is 4.39 Å². The Hall–Kier alpha value is -3.76. The third-order valence-corrected chi connectivity index (χ3v) is 5.57. The van der Waals surface area contributed by atoms with Gasteiger partial charge in [-0.2, -0.15) is 0 Å². The lowest BCUT2D eigenvalue weighted by Gasteiger charge is -2.21. The second kappa shape index (κ2) is 10.9. The average Bonchev–Trinajstić information content (AvgIpc) is 3.40. The number of benzene rings is 1. The lowest BCUT2D eigenvalue weighted by Crippen LogP contribution is -2.52. The van der Waals surface area contributed by atoms with Crippen LogP contribution in [0.2, 0.25) is 0 Å². The molecule has 0 radical (unpaired) electrons. The third kappa shape index (κ3) is 6.18. The topological polar surface area (TPSA) is 147 Å². The zero-order chi connectivity index (χ0) is 24.8. The number of furan rings is 1. The lowest BCUT2D eigenvalue weighted by atomic mass is 9.99. The first-order valence-electron chi connectivity index (χ1n) is 11.0. The summed E-state index contributed by atoms with van der Waals surface area (Å²) in [6.45, 7) is 3.55. The molecule has 1 aromatic heterocycles. The van der Waals surface area contributed by atoms with E-state index in [0.717, 1.165) is 0 Å². The van der Waals surface area contributed by atoms with E-state index in [9.17, 15) is 28.4 Å². The maximum absolute atomic E-state index is 13.4. The van der Waals surface area contributed by atoms with Crippen molar-refractivity contribution < 1.29 is 32.8 Å². The first kappa shape index (κ1) is 24.9. The number of amides is 4. The first-order chi connectivity index (χ1) is 16.2. The van der Waals surface area contributed by atoms with Crippen molar-refractivity contribution in [3.63, 3.8) is 0 Å². The van der Waals surface area contributed by atoms with Crippen LogP contribution in [0.5, 0.6) is 0 Å². The monoisotopic (exact) mass is 474 g/mol. The number of halogens is 1. The van der Waals surface area contributed by atoms with E-state index in [-0.39, 0.29) is 29.9 Å². The molecule has 3 unspecified atom stereocenters. The molecule has 3 atom stereocenters. The van der Waals surface area contributed by atoms with Gasteiger partial charge in [0, 0.05) is 17.8 Å². The van der Waals surface area contributed by atoms with Gasteiger partial charge in [-0.1, -0.05) is 13.8 Å². The zero-order valence-electron chi connectivity index (χ0n) is 18.9. The van der Waals surface area contributed by atoms with Crippen LogP contribution in [0.3, 0.4) is 0 Å². The molecule has 10 nitrogen and oxygen atoms in total. The van der Waals surface area contributed by atoms with Gasteiger partial charge in [-0.3, -0.25) is 19.2 Å². The molecule has 0 bridgehead atoms. The van der Waals surface area contributed by atoms with E-state index in [1.807, 2.05) is 0 Å². The van der Waals surface area contributed by atoms with Crippen LogP contribution >= 0.6 is 0 Å². The minimum atomic E-state index is -0.977. The highest BCUT2D eigenvalue weighted by Gasteiger charge is 2.29. The van der Waals surface area contributed by atoms with Gasteiger partial charge in [0.25, 0.3) is 5.91 Å². The van der Waals surface area contributed by atoms with Crippen LogP contribution in [0.15, 0.2) is 28.7 Å². The number of hydrogen-bond donors (Lipinski definition) is 4. The highest BCUT2D eigenvalue weighted by molar-refractivity contribution is 5.99. The Morgan fingerprint density at radius 1 is 1.24 bits per heavy atom. The van der Waals surface area contributed by atoms with Crippen molar-refractivity contribution in [1.29, 1.82) is 0 Å². The molecule has 2 heterocycles. The van der Waals surface area contributed by atoms with Crippen molar-refractivity contribution >= 4 is 40.9 Å². The molecule has 1 aliphatic heterocycles. The Kier molecular flexibility index (Phi) is 7.98. The second-order valence-corrected chi connectivity index (χ2v) is 8.53. The number of nitrogens with one attached hydrogen (secondary N) is 4. The Bertz CT molecular complexity index is 1100. The average molecular weight is 474 g/mol. The molecular weight excluding hydrogens is 447 g/mol. The predicted molar refractivity (Wildman–Crippen MR) is 119 cm³/mol. The summed E-state index contributed by atoms with van der Waals surface area (Å²) in [6.07, 6.45) is 1.33. The molecule has 1 saturated heterocycles. The van der Waals surface area contributed by atoms with Gasteiger partial charge in [0.05, 0.1) is 12.6 Å². The zero-order valence-corrected chi connectivity index (χ0v) is 18.9. The van der Waals surface area contributed by atoms with E-state index < -0.39 is 42.2 Å². The Morgan fingerprint density at radius 2 is 2.00 bits per heavy atom. The summed E-state index contributed by atoms with van der Waals surface area (Å²) in [5, 5.41) is 10.6. The minimum Gasteiger partial charge on any atom is -0.451 e. The van der Waals surface area contributed by atoms with Gasteiger partial charge < -0.3 is 30.5 Å². The van der Waals surface area contributed by atoms with Crippen LogP contribution in [-0.4, -0.2) is 55.1 Å². The number of rotatable bonds is 10. The quantitative estimate of drug-likeness (QED) is 0.372. The molecule has 11 heteroatoms. The molecule has 1 aliphatic rings. The fourth-order valence-corrected chi connectivity index (χ4v) is 3.73. The van der Waals surface area contributed by atoms with Gasteiger partial charge in [0.1, 0.15) is 23.7 Å². The van der Waals surface area contributed by atoms with Crippen molar-refractivity contribution in [3.05, 3.63) is 35.8 Å². The number of hydrogen-bond acceptors (Lipinski definition) is 6. The summed E-state index contributed by atoms with van der Waals surface area (Å²) >= 11 is 0. The van der Waals surface area contributed by atoms with E-state index >= 15 is 0 Å². The SMILES string of the molecule is CC(C)C(NC(=O)c1cc2cc(F)ccc2o1)C(=O)NCC(=O)NC(C=O)CC1CCNC1=O. The van der Waals surface area contributed by atoms with Crippen molar-refractivity contribution in [1.82, 2.24) is 21.3 Å². The molecular formula is C23H27FN4O6. The van der Waals surface area contributed by atoms with Gasteiger partial charge in [-0.05, 0) is 43.0 Å². The molecule has 0 spiro atoms. The van der Waals surface area contributed by atoms with Crippen LogP contribution in [-0.2, 0) is 19.2 Å². The van der Waals surface area contributed by atoms with E-state index in [1.165, 1.54) is 24.3 Å². The summed E-state index contributed by atoms with van der Waals surface area (Å²) in [4.78, 5) is 60.4. The standard InChI is InChI=1S/C23H27FN4O6/c1-12(2)20(28-22(32)18-9-14-7-15(24)3-4-17(14)34-18)23(33)26-10-19(30)27-16(11-29)8-13-5-6-25-21(13)31/h3-4,7,9,11-13,16,20H,5-6,8,10H2,1-2H3,(H,25,31)(H,26,33)(H,27,30)(H,28,32). The molecule has 4 amide bonds. The van der Waals surface area contributed by atoms with E-state index in [0.29, 0.717) is 30.2 Å². The van der Waals surface area contributed by atoms with Gasteiger partial charge in [0.2, 0.25) is 17.7 Å². The predicted octanol–water partition coefficient (Wildman–Crippen LogP) is 0.652. The molecule has 2 aromatic rings. The van der Waals surface area contributed by atoms with Crippen LogP contribution in [0.4, 0.5) is 4.39 Å². The second-order valence-electron chi connectivity index (χ2n) is 8.53. The molecule has 1 fully saturated rings. The summed E-state index contributed by atoms with van der Waals surface area (Å²) in [7, 11) is 0. The molecule has 3 rings (SSSR count). The van der Waals surface area contributed by atoms with Gasteiger partial charge in [-0.15, -0.1) is 0 Å². The number of aldehydes is 1. The summed E-state index contributed by atoms with van der Waals surface area (Å²) in [5.41, 5.74) is 0.327. The minimum absolute atomic E-state index is 0.0819. The first-order valence-corrected chi connectivity index (χ1v) is 11.0. The Balaban J connectivity index is 1.54.